The van der Waals surface area contributed by atoms with Crippen molar-refractivity contribution in [3.8, 4) is 5.75 Å². The maximum atomic E-state index is 12.3. The van der Waals surface area contributed by atoms with Gasteiger partial charge in [0, 0.05) is 15.7 Å². The average Bonchev–Trinajstić information content (AvgIpc) is 2.65. The highest BCUT2D eigenvalue weighted by molar-refractivity contribution is 9.10. The predicted octanol–water partition coefficient (Wildman–Crippen LogP) is 6.59. The smallest absolute Gasteiger partial charge is 0.255 e. The lowest BCUT2D eigenvalue weighted by atomic mass is 10.1. The number of halogens is 3. The van der Waals surface area contributed by atoms with Crippen molar-refractivity contribution in [1.82, 2.24) is 0 Å². The summed E-state index contributed by atoms with van der Waals surface area (Å²) in [5, 5.41) is 3.63. The fourth-order valence-corrected chi connectivity index (χ4v) is 2.79. The normalized spacial score (nSPS) is 10.4. The Morgan fingerprint density at radius 3 is 2.27 bits per heavy atom. The van der Waals surface area contributed by atoms with Crippen molar-refractivity contribution >= 4 is 50.7 Å². The minimum atomic E-state index is -0.219. The van der Waals surface area contributed by atoms with Crippen LogP contribution in [0.2, 0.25) is 10.0 Å². The average molecular weight is 451 g/mol. The summed E-state index contributed by atoms with van der Waals surface area (Å²) in [7, 11) is 0. The molecule has 3 aromatic rings. The van der Waals surface area contributed by atoms with Crippen molar-refractivity contribution in [2.75, 3.05) is 5.32 Å². The Labute approximate surface area is 170 Å². The number of amides is 1. The summed E-state index contributed by atoms with van der Waals surface area (Å²) < 4.78 is 6.72. The van der Waals surface area contributed by atoms with Crippen LogP contribution in [0.25, 0.3) is 0 Å². The third-order valence-electron chi connectivity index (χ3n) is 3.61. The molecule has 0 saturated carbocycles. The second-order valence-corrected chi connectivity index (χ2v) is 7.25. The molecule has 0 spiro atoms. The Morgan fingerprint density at radius 1 is 0.923 bits per heavy atom. The lowest BCUT2D eigenvalue weighted by Crippen LogP contribution is -2.11. The number of carbonyl (C=O) groups is 1. The van der Waals surface area contributed by atoms with Crippen LogP contribution in [0.5, 0.6) is 5.75 Å². The Balaban J connectivity index is 1.60. The van der Waals surface area contributed by atoms with Gasteiger partial charge in [-0.15, -0.1) is 0 Å². The third kappa shape index (κ3) is 5.01. The first-order valence-corrected chi connectivity index (χ1v) is 9.30. The molecule has 1 N–H and O–H groups in total. The number of anilines is 1. The molecule has 0 atom stereocenters. The molecular formula is C20H14BrCl2NO2. The van der Waals surface area contributed by atoms with Crippen LogP contribution in [0.3, 0.4) is 0 Å². The van der Waals surface area contributed by atoms with Crippen LogP contribution in [0.15, 0.2) is 71.2 Å². The largest absolute Gasteiger partial charge is 0.489 e. The minimum absolute atomic E-state index is 0.219. The quantitative estimate of drug-likeness (QED) is 0.476. The van der Waals surface area contributed by atoms with Crippen LogP contribution in [-0.2, 0) is 6.61 Å². The molecule has 3 nitrogen and oxygen atoms in total. The lowest BCUT2D eigenvalue weighted by Gasteiger charge is -2.09. The molecule has 6 heteroatoms. The molecule has 0 aliphatic rings. The lowest BCUT2D eigenvalue weighted by molar-refractivity contribution is 0.102. The summed E-state index contributed by atoms with van der Waals surface area (Å²) in [5.41, 5.74) is 2.11. The Morgan fingerprint density at radius 2 is 1.62 bits per heavy atom. The van der Waals surface area contributed by atoms with Crippen molar-refractivity contribution in [2.45, 2.75) is 6.61 Å². The van der Waals surface area contributed by atoms with E-state index in [0.29, 0.717) is 27.9 Å². The molecule has 0 fully saturated rings. The second kappa shape index (κ2) is 8.58. The van der Waals surface area contributed by atoms with Gasteiger partial charge >= 0.3 is 0 Å². The first-order chi connectivity index (χ1) is 12.5. The standard InChI is InChI=1S/C20H14BrCl2NO2/c21-15-5-8-17(9-6-15)26-12-13-1-3-14(4-2-13)20(25)24-16-7-10-18(22)19(23)11-16/h1-11H,12H2,(H,24,25). The van der Waals surface area contributed by atoms with Gasteiger partial charge in [0.15, 0.2) is 0 Å². The van der Waals surface area contributed by atoms with Gasteiger partial charge < -0.3 is 10.1 Å². The van der Waals surface area contributed by atoms with Crippen molar-refractivity contribution in [1.29, 1.82) is 0 Å². The maximum Gasteiger partial charge on any atom is 0.255 e. The molecule has 0 unspecified atom stereocenters. The summed E-state index contributed by atoms with van der Waals surface area (Å²) in [6.45, 7) is 0.427. The van der Waals surface area contributed by atoms with E-state index in [2.05, 4.69) is 21.2 Å². The van der Waals surface area contributed by atoms with E-state index in [1.807, 2.05) is 36.4 Å². The van der Waals surface area contributed by atoms with Gasteiger partial charge in [0.25, 0.3) is 5.91 Å². The highest BCUT2D eigenvalue weighted by Gasteiger charge is 2.08. The molecule has 3 rings (SSSR count). The van der Waals surface area contributed by atoms with E-state index in [1.165, 1.54) is 0 Å². The molecule has 1 amide bonds. The van der Waals surface area contributed by atoms with Crippen LogP contribution in [-0.4, -0.2) is 5.91 Å². The first-order valence-electron chi connectivity index (χ1n) is 7.75. The molecule has 0 radical (unpaired) electrons. The molecule has 0 aliphatic carbocycles. The van der Waals surface area contributed by atoms with E-state index < -0.39 is 0 Å². The van der Waals surface area contributed by atoms with E-state index in [9.17, 15) is 4.79 Å². The zero-order chi connectivity index (χ0) is 18.5. The Hall–Kier alpha value is -2.01. The van der Waals surface area contributed by atoms with Crippen LogP contribution in [0, 0.1) is 0 Å². The van der Waals surface area contributed by atoms with Gasteiger partial charge in [-0.2, -0.15) is 0 Å². The zero-order valence-corrected chi connectivity index (χ0v) is 16.6. The molecule has 0 heterocycles. The van der Waals surface area contributed by atoms with E-state index in [0.717, 1.165) is 15.8 Å². The van der Waals surface area contributed by atoms with Gasteiger partial charge in [-0.05, 0) is 60.2 Å². The topological polar surface area (TPSA) is 38.3 Å². The number of nitrogens with one attached hydrogen (secondary N) is 1. The summed E-state index contributed by atoms with van der Waals surface area (Å²) in [5.74, 6) is 0.568. The number of benzene rings is 3. The molecule has 3 aromatic carbocycles. The maximum absolute atomic E-state index is 12.3. The van der Waals surface area contributed by atoms with Crippen LogP contribution in [0.4, 0.5) is 5.69 Å². The predicted molar refractivity (Wildman–Crippen MR) is 109 cm³/mol. The molecule has 0 saturated heterocycles. The Bertz CT molecular complexity index is 912. The number of ether oxygens (including phenoxy) is 1. The van der Waals surface area contributed by atoms with Crippen molar-refractivity contribution in [2.24, 2.45) is 0 Å². The first kappa shape index (κ1) is 18.8. The molecular weight excluding hydrogens is 437 g/mol. The zero-order valence-electron chi connectivity index (χ0n) is 13.5. The molecule has 26 heavy (non-hydrogen) atoms. The van der Waals surface area contributed by atoms with E-state index in [1.54, 1.807) is 30.3 Å². The van der Waals surface area contributed by atoms with E-state index in [-0.39, 0.29) is 5.91 Å². The van der Waals surface area contributed by atoms with E-state index >= 15 is 0 Å². The number of rotatable bonds is 5. The number of hydrogen-bond donors (Lipinski definition) is 1. The summed E-state index contributed by atoms with van der Waals surface area (Å²) >= 11 is 15.2. The van der Waals surface area contributed by atoms with Gasteiger partial charge in [0.2, 0.25) is 0 Å². The van der Waals surface area contributed by atoms with Crippen molar-refractivity contribution < 1.29 is 9.53 Å². The van der Waals surface area contributed by atoms with Gasteiger partial charge in [0.1, 0.15) is 12.4 Å². The summed E-state index contributed by atoms with van der Waals surface area (Å²) in [6.07, 6.45) is 0. The van der Waals surface area contributed by atoms with Gasteiger partial charge in [-0.25, -0.2) is 0 Å². The van der Waals surface area contributed by atoms with Gasteiger partial charge in [-0.3, -0.25) is 4.79 Å². The number of hydrogen-bond acceptors (Lipinski definition) is 2. The summed E-state index contributed by atoms with van der Waals surface area (Å²) in [6, 6.07) is 19.8. The monoisotopic (exact) mass is 449 g/mol. The van der Waals surface area contributed by atoms with Gasteiger partial charge in [-0.1, -0.05) is 51.3 Å². The van der Waals surface area contributed by atoms with Crippen molar-refractivity contribution in [3.63, 3.8) is 0 Å². The fraction of sp³-hybridized carbons (Fsp3) is 0.0500. The molecule has 0 aliphatic heterocycles. The minimum Gasteiger partial charge on any atom is -0.489 e. The fourth-order valence-electron chi connectivity index (χ4n) is 2.23. The van der Waals surface area contributed by atoms with Gasteiger partial charge in [0.05, 0.1) is 10.0 Å². The Kier molecular flexibility index (Phi) is 6.20. The number of carbonyl (C=O) groups excluding carboxylic acids is 1. The molecule has 0 bridgehead atoms. The molecule has 0 aromatic heterocycles. The second-order valence-electron chi connectivity index (χ2n) is 5.52. The van der Waals surface area contributed by atoms with Crippen LogP contribution < -0.4 is 10.1 Å². The SMILES string of the molecule is O=C(Nc1ccc(Cl)c(Cl)c1)c1ccc(COc2ccc(Br)cc2)cc1. The third-order valence-corrected chi connectivity index (χ3v) is 4.88. The highest BCUT2D eigenvalue weighted by Crippen LogP contribution is 2.25. The highest BCUT2D eigenvalue weighted by atomic mass is 79.9. The van der Waals surface area contributed by atoms with Crippen LogP contribution >= 0.6 is 39.1 Å². The van der Waals surface area contributed by atoms with Crippen LogP contribution in [0.1, 0.15) is 15.9 Å². The van der Waals surface area contributed by atoms with E-state index in [4.69, 9.17) is 27.9 Å². The van der Waals surface area contributed by atoms with Crippen molar-refractivity contribution in [3.05, 3.63) is 92.4 Å². The summed E-state index contributed by atoms with van der Waals surface area (Å²) in [4.78, 5) is 12.3. The molecule has 132 valence electrons.